The van der Waals surface area contributed by atoms with E-state index >= 15 is 0 Å². The molecule has 18 heavy (non-hydrogen) atoms. The van der Waals surface area contributed by atoms with E-state index in [9.17, 15) is 0 Å². The Bertz CT molecular complexity index is 692. The first kappa shape index (κ1) is 11.5. The number of hydrogen-bond acceptors (Lipinski definition) is 2. The largest absolute Gasteiger partial charge is 0.301 e. The second kappa shape index (κ2) is 4.59. The van der Waals surface area contributed by atoms with Crippen molar-refractivity contribution in [2.45, 2.75) is 5.88 Å². The van der Waals surface area contributed by atoms with E-state index in [0.717, 1.165) is 22.6 Å². The average Bonchev–Trinajstić information content (AvgIpc) is 2.77. The minimum atomic E-state index is 0.367. The van der Waals surface area contributed by atoms with Gasteiger partial charge in [-0.3, -0.25) is 4.98 Å². The van der Waals surface area contributed by atoms with Gasteiger partial charge in [0.05, 0.1) is 22.3 Å². The van der Waals surface area contributed by atoms with E-state index in [4.69, 9.17) is 23.2 Å². The number of hydrogen-bond donors (Lipinski definition) is 0. The lowest BCUT2D eigenvalue weighted by Gasteiger charge is -2.01. The van der Waals surface area contributed by atoms with E-state index in [-0.39, 0.29) is 0 Å². The fourth-order valence-electron chi connectivity index (χ4n) is 1.93. The van der Waals surface area contributed by atoms with Gasteiger partial charge in [0, 0.05) is 24.2 Å². The van der Waals surface area contributed by atoms with Crippen molar-refractivity contribution >= 4 is 28.8 Å². The molecule has 0 aliphatic rings. The van der Waals surface area contributed by atoms with Gasteiger partial charge < -0.3 is 4.40 Å². The van der Waals surface area contributed by atoms with Gasteiger partial charge in [0.2, 0.25) is 0 Å². The van der Waals surface area contributed by atoms with Crippen molar-refractivity contribution in [3.63, 3.8) is 0 Å². The first-order chi connectivity index (χ1) is 8.79. The number of alkyl halides is 1. The van der Waals surface area contributed by atoms with Crippen LogP contribution in [0.3, 0.4) is 0 Å². The van der Waals surface area contributed by atoms with Gasteiger partial charge in [-0.2, -0.15) is 0 Å². The molecule has 0 fully saturated rings. The Morgan fingerprint density at radius 1 is 1.22 bits per heavy atom. The van der Waals surface area contributed by atoms with Crippen molar-refractivity contribution in [2.75, 3.05) is 0 Å². The maximum Gasteiger partial charge on any atom is 0.137 e. The summed E-state index contributed by atoms with van der Waals surface area (Å²) >= 11 is 12.0. The third-order valence-electron chi connectivity index (χ3n) is 2.74. The maximum absolute atomic E-state index is 6.03. The highest BCUT2D eigenvalue weighted by atomic mass is 35.5. The molecule has 3 nitrogen and oxygen atoms in total. The van der Waals surface area contributed by atoms with Crippen molar-refractivity contribution in [1.82, 2.24) is 14.4 Å². The van der Waals surface area contributed by atoms with Crippen LogP contribution in [-0.4, -0.2) is 14.4 Å². The monoisotopic (exact) mass is 277 g/mol. The molecule has 3 aromatic rings. The number of rotatable bonds is 2. The molecule has 3 heterocycles. The zero-order chi connectivity index (χ0) is 12.5. The van der Waals surface area contributed by atoms with E-state index < -0.39 is 0 Å². The molecule has 0 bridgehead atoms. The van der Waals surface area contributed by atoms with Crippen molar-refractivity contribution in [2.24, 2.45) is 0 Å². The fraction of sp³-hybridized carbons (Fsp3) is 0.0769. The van der Waals surface area contributed by atoms with Crippen LogP contribution in [0.15, 0.2) is 42.9 Å². The van der Waals surface area contributed by atoms with Gasteiger partial charge in [-0.05, 0) is 24.3 Å². The SMILES string of the molecule is ClCc1c(-c2cccnc2)nc2ccc(Cl)cn12. The van der Waals surface area contributed by atoms with Crippen LogP contribution < -0.4 is 0 Å². The Hall–Kier alpha value is -1.58. The molecule has 0 unspecified atom stereocenters. The van der Waals surface area contributed by atoms with Crippen LogP contribution in [-0.2, 0) is 5.88 Å². The normalized spacial score (nSPS) is 11.0. The van der Waals surface area contributed by atoms with Crippen LogP contribution in [0, 0.1) is 0 Å². The molecule has 0 atom stereocenters. The Morgan fingerprint density at radius 3 is 2.83 bits per heavy atom. The summed E-state index contributed by atoms with van der Waals surface area (Å²) in [5.41, 5.74) is 3.55. The minimum Gasteiger partial charge on any atom is -0.301 e. The summed E-state index contributed by atoms with van der Waals surface area (Å²) in [7, 11) is 0. The number of aromatic nitrogens is 3. The minimum absolute atomic E-state index is 0.367. The Labute approximate surface area is 114 Å². The molecule has 0 radical (unpaired) electrons. The highest BCUT2D eigenvalue weighted by molar-refractivity contribution is 6.30. The highest BCUT2D eigenvalue weighted by Gasteiger charge is 2.13. The third-order valence-corrected chi connectivity index (χ3v) is 3.22. The fourth-order valence-corrected chi connectivity index (χ4v) is 2.35. The molecule has 0 amide bonds. The van der Waals surface area contributed by atoms with Crippen molar-refractivity contribution in [3.05, 3.63) is 53.6 Å². The molecule has 3 aromatic heterocycles. The molecule has 5 heteroatoms. The Morgan fingerprint density at radius 2 is 2.11 bits per heavy atom. The maximum atomic E-state index is 6.03. The van der Waals surface area contributed by atoms with Crippen LogP contribution in [0.1, 0.15) is 5.69 Å². The lowest BCUT2D eigenvalue weighted by molar-refractivity contribution is 1.09. The molecule has 0 aliphatic carbocycles. The lowest BCUT2D eigenvalue weighted by Crippen LogP contribution is -1.91. The number of fused-ring (bicyclic) bond motifs is 1. The zero-order valence-electron chi connectivity index (χ0n) is 9.35. The summed E-state index contributed by atoms with van der Waals surface area (Å²) in [4.78, 5) is 8.68. The number of pyridine rings is 2. The van der Waals surface area contributed by atoms with Crippen molar-refractivity contribution < 1.29 is 0 Å². The van der Waals surface area contributed by atoms with E-state index in [1.165, 1.54) is 0 Å². The van der Waals surface area contributed by atoms with Crippen molar-refractivity contribution in [1.29, 1.82) is 0 Å². The number of halogens is 2. The van der Waals surface area contributed by atoms with Crippen LogP contribution in [0.25, 0.3) is 16.9 Å². The van der Waals surface area contributed by atoms with Crippen LogP contribution in [0.2, 0.25) is 5.02 Å². The van der Waals surface area contributed by atoms with E-state index in [0.29, 0.717) is 10.9 Å². The summed E-state index contributed by atoms with van der Waals surface area (Å²) in [5, 5.41) is 0.656. The summed E-state index contributed by atoms with van der Waals surface area (Å²) < 4.78 is 1.91. The average molecular weight is 278 g/mol. The van der Waals surface area contributed by atoms with Crippen LogP contribution >= 0.6 is 23.2 Å². The quantitative estimate of drug-likeness (QED) is 0.667. The summed E-state index contributed by atoms with van der Waals surface area (Å²) in [6, 6.07) is 7.53. The molecule has 0 N–H and O–H groups in total. The van der Waals surface area contributed by atoms with E-state index in [2.05, 4.69) is 9.97 Å². The lowest BCUT2D eigenvalue weighted by atomic mass is 10.2. The van der Waals surface area contributed by atoms with Crippen molar-refractivity contribution in [3.8, 4) is 11.3 Å². The number of nitrogens with zero attached hydrogens (tertiary/aromatic N) is 3. The number of imidazole rings is 1. The standard InChI is InChI=1S/C13H9Cl2N3/c14-6-11-13(9-2-1-5-16-7-9)17-12-4-3-10(15)8-18(11)12/h1-5,7-8H,6H2. The van der Waals surface area contributed by atoms with Crippen LogP contribution in [0.5, 0.6) is 0 Å². The molecule has 90 valence electrons. The molecule has 0 aliphatic heterocycles. The predicted octanol–water partition coefficient (Wildman–Crippen LogP) is 3.79. The van der Waals surface area contributed by atoms with Gasteiger partial charge >= 0.3 is 0 Å². The van der Waals surface area contributed by atoms with Gasteiger partial charge in [0.1, 0.15) is 5.65 Å². The Kier molecular flexibility index (Phi) is 2.94. The Balaban J connectivity index is 2.30. The predicted molar refractivity (Wildman–Crippen MR) is 73.0 cm³/mol. The first-order valence-corrected chi connectivity index (χ1v) is 6.33. The molecule has 0 saturated heterocycles. The smallest absolute Gasteiger partial charge is 0.137 e. The summed E-state index contributed by atoms with van der Waals surface area (Å²) in [6.45, 7) is 0. The molecule has 0 spiro atoms. The van der Waals surface area contributed by atoms with Gasteiger partial charge in [-0.25, -0.2) is 4.98 Å². The second-order valence-electron chi connectivity index (χ2n) is 3.86. The summed E-state index contributed by atoms with van der Waals surface area (Å²) in [6.07, 6.45) is 5.33. The van der Waals surface area contributed by atoms with Crippen LogP contribution in [0.4, 0.5) is 0 Å². The molecule has 0 aromatic carbocycles. The highest BCUT2D eigenvalue weighted by Crippen LogP contribution is 2.26. The molecule has 0 saturated carbocycles. The first-order valence-electron chi connectivity index (χ1n) is 5.42. The topological polar surface area (TPSA) is 30.2 Å². The molecular formula is C13H9Cl2N3. The molecule has 3 rings (SSSR count). The summed E-state index contributed by atoms with van der Waals surface area (Å²) in [5.74, 6) is 0.367. The third kappa shape index (κ3) is 1.85. The molecular weight excluding hydrogens is 269 g/mol. The van der Waals surface area contributed by atoms with E-state index in [1.54, 1.807) is 12.4 Å². The van der Waals surface area contributed by atoms with Gasteiger partial charge in [-0.15, -0.1) is 11.6 Å². The van der Waals surface area contributed by atoms with E-state index in [1.807, 2.05) is 34.9 Å². The van der Waals surface area contributed by atoms with Gasteiger partial charge in [0.15, 0.2) is 0 Å². The van der Waals surface area contributed by atoms with Gasteiger partial charge in [-0.1, -0.05) is 11.6 Å². The van der Waals surface area contributed by atoms with Gasteiger partial charge in [0.25, 0.3) is 0 Å². The zero-order valence-corrected chi connectivity index (χ0v) is 10.9. The second-order valence-corrected chi connectivity index (χ2v) is 4.56.